The molecule has 1 aliphatic heterocycles. The first-order valence-corrected chi connectivity index (χ1v) is 13.9. The van der Waals surface area contributed by atoms with E-state index < -0.39 is 30.2 Å². The first-order chi connectivity index (χ1) is 17.8. The molecule has 0 bridgehead atoms. The number of thioether (sulfide) groups is 1. The van der Waals surface area contributed by atoms with Crippen LogP contribution in [-0.2, 0) is 39.9 Å². The monoisotopic (exact) mass is 533 g/mol. The fourth-order valence-electron chi connectivity index (χ4n) is 3.56. The Morgan fingerprint density at radius 3 is 2.43 bits per heavy atom. The average Bonchev–Trinajstić information content (AvgIpc) is 2.89. The summed E-state index contributed by atoms with van der Waals surface area (Å²) < 4.78 is 22.5. The van der Waals surface area contributed by atoms with Crippen molar-refractivity contribution in [2.24, 2.45) is 11.8 Å². The summed E-state index contributed by atoms with van der Waals surface area (Å²) in [6, 6.07) is 8.83. The van der Waals surface area contributed by atoms with Gasteiger partial charge in [-0.05, 0) is 30.1 Å². The second-order valence-corrected chi connectivity index (χ2v) is 9.99. The zero-order chi connectivity index (χ0) is 27.0. The van der Waals surface area contributed by atoms with Crippen molar-refractivity contribution in [3.63, 3.8) is 0 Å². The van der Waals surface area contributed by atoms with Crippen LogP contribution < -0.4 is 5.32 Å². The molecule has 0 radical (unpaired) electrons. The molecule has 0 fully saturated rings. The fraction of sp³-hybridized carbons (Fsp3) is 0.536. The highest BCUT2D eigenvalue weighted by atomic mass is 32.2. The average molecular weight is 534 g/mol. The number of cyclic esters (lactones) is 2. The van der Waals surface area contributed by atoms with Crippen LogP contribution in [0.15, 0.2) is 54.6 Å². The summed E-state index contributed by atoms with van der Waals surface area (Å²) in [5.74, 6) is -0.882. The Balaban J connectivity index is 2.20. The van der Waals surface area contributed by atoms with Gasteiger partial charge in [-0.25, -0.2) is 9.59 Å². The lowest BCUT2D eigenvalue weighted by Gasteiger charge is -2.23. The number of nitrogens with one attached hydrogen (secondary N) is 1. The number of methoxy groups -OCH3 is 1. The maximum atomic E-state index is 12.9. The molecule has 0 spiro atoms. The standard InChI is InChI=1S/C28H39NO7S/c1-20-9-8-12-26(30)29-23(15-16-37-4)27(31)36-19-25(33-3)21(2)13-14-24(28(32)35-17-20)34-18-22-10-6-5-7-11-22/h5-11,13-14,20-21,23-25H,12,15-19H2,1-4H3,(H,29,30)/b9-8+,14-13+/t20-,21-,23+,24-,25-/m1/s1. The van der Waals surface area contributed by atoms with Gasteiger partial charge in [0.05, 0.1) is 19.3 Å². The lowest BCUT2D eigenvalue weighted by atomic mass is 10.0. The van der Waals surface area contributed by atoms with Crippen LogP contribution in [0.2, 0.25) is 0 Å². The van der Waals surface area contributed by atoms with E-state index in [1.165, 1.54) is 7.11 Å². The molecule has 8 nitrogen and oxygen atoms in total. The van der Waals surface area contributed by atoms with Gasteiger partial charge in [0.2, 0.25) is 5.91 Å². The first kappa shape index (κ1) is 30.6. The number of hydrogen-bond acceptors (Lipinski definition) is 8. The van der Waals surface area contributed by atoms with Crippen molar-refractivity contribution in [2.75, 3.05) is 32.3 Å². The topological polar surface area (TPSA) is 100 Å². The van der Waals surface area contributed by atoms with Gasteiger partial charge in [-0.1, -0.05) is 62.4 Å². The van der Waals surface area contributed by atoms with Crippen molar-refractivity contribution in [3.05, 3.63) is 60.2 Å². The summed E-state index contributed by atoms with van der Waals surface area (Å²) in [6.07, 6.45) is 8.13. The Bertz CT molecular complexity index is 905. The van der Waals surface area contributed by atoms with Crippen molar-refractivity contribution in [1.29, 1.82) is 0 Å². The van der Waals surface area contributed by atoms with Gasteiger partial charge in [-0.15, -0.1) is 0 Å². The molecule has 1 N–H and O–H groups in total. The summed E-state index contributed by atoms with van der Waals surface area (Å²) >= 11 is 1.59. The number of carbonyl (C=O) groups is 3. The van der Waals surface area contributed by atoms with E-state index in [0.717, 1.165) is 5.56 Å². The molecule has 1 aliphatic rings. The van der Waals surface area contributed by atoms with Crippen molar-refractivity contribution >= 4 is 29.6 Å². The van der Waals surface area contributed by atoms with Gasteiger partial charge in [0.25, 0.3) is 0 Å². The van der Waals surface area contributed by atoms with Crippen LogP contribution in [0.25, 0.3) is 0 Å². The third kappa shape index (κ3) is 11.5. The van der Waals surface area contributed by atoms with E-state index in [1.54, 1.807) is 30.0 Å². The highest BCUT2D eigenvalue weighted by Gasteiger charge is 2.25. The summed E-state index contributed by atoms with van der Waals surface area (Å²) in [5, 5.41) is 2.77. The smallest absolute Gasteiger partial charge is 0.339 e. The highest BCUT2D eigenvalue weighted by Crippen LogP contribution is 2.14. The van der Waals surface area contributed by atoms with Crippen molar-refractivity contribution < 1.29 is 33.3 Å². The second-order valence-electron chi connectivity index (χ2n) is 9.01. The van der Waals surface area contributed by atoms with Crippen LogP contribution in [0.5, 0.6) is 0 Å². The van der Waals surface area contributed by atoms with Gasteiger partial charge in [-0.3, -0.25) is 4.79 Å². The van der Waals surface area contributed by atoms with Crippen molar-refractivity contribution in [2.45, 2.75) is 51.5 Å². The maximum absolute atomic E-state index is 12.9. The normalized spacial score (nSPS) is 28.2. The minimum Gasteiger partial charge on any atom is -0.463 e. The molecule has 1 aromatic carbocycles. The quantitative estimate of drug-likeness (QED) is 0.418. The molecule has 0 unspecified atom stereocenters. The van der Waals surface area contributed by atoms with Gasteiger partial charge < -0.3 is 24.3 Å². The molecule has 1 heterocycles. The molecule has 0 aliphatic carbocycles. The number of hydrogen-bond donors (Lipinski definition) is 1. The Kier molecular flexibility index (Phi) is 14.1. The van der Waals surface area contributed by atoms with E-state index in [0.29, 0.717) is 12.2 Å². The molecule has 5 atom stereocenters. The van der Waals surface area contributed by atoms with Crippen LogP contribution in [0.1, 0.15) is 32.3 Å². The summed E-state index contributed by atoms with van der Waals surface area (Å²) in [4.78, 5) is 38.1. The van der Waals surface area contributed by atoms with E-state index >= 15 is 0 Å². The molecular formula is C28H39NO7S. The third-order valence-corrected chi connectivity index (χ3v) is 6.50. The Hall–Kier alpha value is -2.62. The molecule has 1 amide bonds. The van der Waals surface area contributed by atoms with E-state index in [9.17, 15) is 14.4 Å². The number of ether oxygens (including phenoxy) is 4. The van der Waals surface area contributed by atoms with Crippen LogP contribution in [0.3, 0.4) is 0 Å². The lowest BCUT2D eigenvalue weighted by Crippen LogP contribution is -2.43. The van der Waals surface area contributed by atoms with E-state index in [2.05, 4.69) is 5.32 Å². The van der Waals surface area contributed by atoms with E-state index in [1.807, 2.05) is 56.5 Å². The van der Waals surface area contributed by atoms with Crippen LogP contribution in [0.4, 0.5) is 0 Å². The molecule has 2 rings (SSSR count). The number of rotatable bonds is 7. The molecule has 204 valence electrons. The Morgan fingerprint density at radius 2 is 1.73 bits per heavy atom. The molecular weight excluding hydrogens is 494 g/mol. The minimum absolute atomic E-state index is 0.00385. The minimum atomic E-state index is -0.917. The van der Waals surface area contributed by atoms with Crippen LogP contribution in [-0.4, -0.2) is 68.4 Å². The molecule has 9 heteroatoms. The number of amides is 1. The molecule has 0 aromatic heterocycles. The molecule has 0 saturated carbocycles. The number of carbonyl (C=O) groups excluding carboxylic acids is 3. The van der Waals surface area contributed by atoms with Gasteiger partial charge >= 0.3 is 11.9 Å². The van der Waals surface area contributed by atoms with Crippen molar-refractivity contribution in [1.82, 2.24) is 5.32 Å². The summed E-state index contributed by atoms with van der Waals surface area (Å²) in [5.41, 5.74) is 0.934. The maximum Gasteiger partial charge on any atom is 0.339 e. The third-order valence-electron chi connectivity index (χ3n) is 5.86. The molecule has 0 saturated heterocycles. The fourth-order valence-corrected chi connectivity index (χ4v) is 4.03. The largest absolute Gasteiger partial charge is 0.463 e. The predicted molar refractivity (Wildman–Crippen MR) is 144 cm³/mol. The second kappa shape index (κ2) is 17.0. The van der Waals surface area contributed by atoms with Crippen LogP contribution >= 0.6 is 11.8 Å². The lowest BCUT2D eigenvalue weighted by molar-refractivity contribution is -0.155. The zero-order valence-corrected chi connectivity index (χ0v) is 22.9. The highest BCUT2D eigenvalue weighted by molar-refractivity contribution is 7.98. The van der Waals surface area contributed by atoms with Gasteiger partial charge in [0.1, 0.15) is 12.6 Å². The van der Waals surface area contributed by atoms with Crippen LogP contribution in [0, 0.1) is 11.8 Å². The van der Waals surface area contributed by atoms with Crippen molar-refractivity contribution in [3.8, 4) is 0 Å². The molecule has 37 heavy (non-hydrogen) atoms. The SMILES string of the molecule is CO[C@@H]1COC(=O)[C@H](CCSC)NC(=O)C/C=C/[C@@H](C)COC(=O)[C@H](OCc2ccccc2)/C=C/[C@H]1C. The van der Waals surface area contributed by atoms with Gasteiger partial charge in [0.15, 0.2) is 6.10 Å². The number of benzene rings is 1. The summed E-state index contributed by atoms with van der Waals surface area (Å²) in [7, 11) is 1.53. The molecule has 1 aromatic rings. The zero-order valence-electron chi connectivity index (χ0n) is 22.1. The predicted octanol–water partition coefficient (Wildman–Crippen LogP) is 3.70. The van der Waals surface area contributed by atoms with Gasteiger partial charge in [-0.2, -0.15) is 11.8 Å². The van der Waals surface area contributed by atoms with Gasteiger partial charge in [0, 0.05) is 25.4 Å². The Morgan fingerprint density at radius 1 is 1.00 bits per heavy atom. The first-order valence-electron chi connectivity index (χ1n) is 12.5. The van der Waals surface area contributed by atoms with E-state index in [-0.39, 0.29) is 44.0 Å². The number of esters is 2. The summed E-state index contributed by atoms with van der Waals surface area (Å²) in [6.45, 7) is 4.18. The van der Waals surface area contributed by atoms with E-state index in [4.69, 9.17) is 18.9 Å². The Labute approximate surface area is 224 Å².